The predicted octanol–water partition coefficient (Wildman–Crippen LogP) is 3.99. The van der Waals surface area contributed by atoms with E-state index in [0.29, 0.717) is 0 Å². The maximum absolute atomic E-state index is 3.58. The van der Waals surface area contributed by atoms with Crippen LogP contribution in [0, 0.1) is 17.8 Å². The standard InChI is InChI=1S/C11H19Br/c12-8-11-7-10(11)6-9-4-2-1-3-5-9/h9-11H,1-8H2. The summed E-state index contributed by atoms with van der Waals surface area (Å²) in [5.41, 5.74) is 0. The first-order valence-corrected chi connectivity index (χ1v) is 6.58. The van der Waals surface area contributed by atoms with E-state index in [1.54, 1.807) is 6.42 Å². The Labute approximate surface area is 84.2 Å². The number of hydrogen-bond donors (Lipinski definition) is 0. The lowest BCUT2D eigenvalue weighted by Gasteiger charge is -2.21. The highest BCUT2D eigenvalue weighted by atomic mass is 79.9. The maximum Gasteiger partial charge on any atom is 0.00624 e. The van der Waals surface area contributed by atoms with Gasteiger partial charge in [0.25, 0.3) is 0 Å². The van der Waals surface area contributed by atoms with Crippen LogP contribution in [0.25, 0.3) is 0 Å². The van der Waals surface area contributed by atoms with Crippen molar-refractivity contribution in [2.45, 2.75) is 44.9 Å². The normalized spacial score (nSPS) is 36.8. The van der Waals surface area contributed by atoms with Gasteiger partial charge < -0.3 is 0 Å². The summed E-state index contributed by atoms with van der Waals surface area (Å²) in [7, 11) is 0. The Morgan fingerprint density at radius 3 is 2.33 bits per heavy atom. The number of alkyl halides is 1. The van der Waals surface area contributed by atoms with E-state index < -0.39 is 0 Å². The summed E-state index contributed by atoms with van der Waals surface area (Å²) in [6, 6.07) is 0. The van der Waals surface area contributed by atoms with Gasteiger partial charge in [-0.3, -0.25) is 0 Å². The van der Waals surface area contributed by atoms with Crippen molar-refractivity contribution in [3.8, 4) is 0 Å². The molecular weight excluding hydrogens is 212 g/mol. The molecule has 2 saturated carbocycles. The smallest absolute Gasteiger partial charge is 0.00624 e. The van der Waals surface area contributed by atoms with Crippen LogP contribution in [0.4, 0.5) is 0 Å². The van der Waals surface area contributed by atoms with Crippen molar-refractivity contribution in [3.63, 3.8) is 0 Å². The molecule has 0 saturated heterocycles. The molecule has 2 fully saturated rings. The molecule has 0 aliphatic heterocycles. The summed E-state index contributed by atoms with van der Waals surface area (Å²) in [6.45, 7) is 0. The second-order valence-corrected chi connectivity index (χ2v) is 5.30. The maximum atomic E-state index is 3.58. The third kappa shape index (κ3) is 2.25. The van der Waals surface area contributed by atoms with E-state index in [0.717, 1.165) is 17.8 Å². The molecule has 0 nitrogen and oxygen atoms in total. The fourth-order valence-electron chi connectivity index (χ4n) is 2.64. The summed E-state index contributed by atoms with van der Waals surface area (Å²) in [4.78, 5) is 0. The summed E-state index contributed by atoms with van der Waals surface area (Å²) in [5.74, 6) is 3.26. The quantitative estimate of drug-likeness (QED) is 0.644. The fourth-order valence-corrected chi connectivity index (χ4v) is 3.43. The minimum Gasteiger partial charge on any atom is -0.0925 e. The Morgan fingerprint density at radius 1 is 1.00 bits per heavy atom. The van der Waals surface area contributed by atoms with Crippen LogP contribution in [0.5, 0.6) is 0 Å². The summed E-state index contributed by atoms with van der Waals surface area (Å²) in [5, 5.41) is 1.25. The molecular formula is C11H19Br. The van der Waals surface area contributed by atoms with Crippen molar-refractivity contribution < 1.29 is 0 Å². The van der Waals surface area contributed by atoms with E-state index in [9.17, 15) is 0 Å². The largest absolute Gasteiger partial charge is 0.0925 e. The van der Waals surface area contributed by atoms with Crippen LogP contribution in [-0.4, -0.2) is 5.33 Å². The molecule has 0 amide bonds. The highest BCUT2D eigenvalue weighted by molar-refractivity contribution is 9.09. The lowest BCUT2D eigenvalue weighted by molar-refractivity contribution is 0.321. The van der Waals surface area contributed by atoms with Crippen LogP contribution in [0.1, 0.15) is 44.9 Å². The van der Waals surface area contributed by atoms with Gasteiger partial charge in [-0.2, -0.15) is 0 Å². The number of hydrogen-bond acceptors (Lipinski definition) is 0. The first-order chi connectivity index (χ1) is 5.90. The molecule has 2 unspecified atom stereocenters. The topological polar surface area (TPSA) is 0 Å². The van der Waals surface area contributed by atoms with Crippen molar-refractivity contribution in [2.75, 3.05) is 5.33 Å². The lowest BCUT2D eigenvalue weighted by atomic mass is 9.85. The lowest BCUT2D eigenvalue weighted by Crippen LogP contribution is -2.07. The Balaban J connectivity index is 1.66. The van der Waals surface area contributed by atoms with Gasteiger partial charge in [0.2, 0.25) is 0 Å². The number of halogens is 1. The van der Waals surface area contributed by atoms with Crippen LogP contribution in [0.2, 0.25) is 0 Å². The molecule has 0 aromatic carbocycles. The zero-order chi connectivity index (χ0) is 8.39. The van der Waals surface area contributed by atoms with Crippen LogP contribution >= 0.6 is 15.9 Å². The van der Waals surface area contributed by atoms with Crippen molar-refractivity contribution >= 4 is 15.9 Å². The Kier molecular flexibility index (Phi) is 3.11. The molecule has 0 aromatic heterocycles. The third-order valence-electron chi connectivity index (χ3n) is 3.63. The second-order valence-electron chi connectivity index (χ2n) is 4.65. The minimum absolute atomic E-state index is 1.05. The Morgan fingerprint density at radius 2 is 1.75 bits per heavy atom. The van der Waals surface area contributed by atoms with E-state index in [4.69, 9.17) is 0 Å². The van der Waals surface area contributed by atoms with Crippen LogP contribution in [0.15, 0.2) is 0 Å². The monoisotopic (exact) mass is 230 g/mol. The summed E-state index contributed by atoms with van der Waals surface area (Å²) >= 11 is 3.58. The summed E-state index contributed by atoms with van der Waals surface area (Å²) < 4.78 is 0. The SMILES string of the molecule is BrCC1CC1CC1CCCCC1. The Bertz CT molecular complexity index is 138. The molecule has 12 heavy (non-hydrogen) atoms. The first-order valence-electron chi connectivity index (χ1n) is 5.46. The zero-order valence-corrected chi connectivity index (χ0v) is 9.35. The van der Waals surface area contributed by atoms with E-state index >= 15 is 0 Å². The molecule has 2 rings (SSSR count). The second kappa shape index (κ2) is 4.13. The molecule has 1 heteroatoms. The Hall–Kier alpha value is 0.480. The highest BCUT2D eigenvalue weighted by Gasteiger charge is 2.37. The van der Waals surface area contributed by atoms with Gasteiger partial charge >= 0.3 is 0 Å². The van der Waals surface area contributed by atoms with Gasteiger partial charge in [0.15, 0.2) is 0 Å². The predicted molar refractivity (Wildman–Crippen MR) is 56.6 cm³/mol. The van der Waals surface area contributed by atoms with Gasteiger partial charge in [-0.05, 0) is 30.6 Å². The van der Waals surface area contributed by atoms with Crippen LogP contribution in [-0.2, 0) is 0 Å². The summed E-state index contributed by atoms with van der Waals surface area (Å²) in [6.07, 6.45) is 10.7. The van der Waals surface area contributed by atoms with E-state index in [-0.39, 0.29) is 0 Å². The average molecular weight is 231 g/mol. The number of rotatable bonds is 3. The molecule has 0 aromatic rings. The van der Waals surface area contributed by atoms with Gasteiger partial charge in [-0.15, -0.1) is 0 Å². The highest BCUT2D eigenvalue weighted by Crippen LogP contribution is 2.46. The van der Waals surface area contributed by atoms with Crippen molar-refractivity contribution in [2.24, 2.45) is 17.8 Å². The van der Waals surface area contributed by atoms with Crippen LogP contribution in [0.3, 0.4) is 0 Å². The van der Waals surface area contributed by atoms with E-state index in [1.807, 2.05) is 0 Å². The minimum atomic E-state index is 1.05. The molecule has 0 bridgehead atoms. The van der Waals surface area contributed by atoms with Gasteiger partial charge in [-0.25, -0.2) is 0 Å². The van der Waals surface area contributed by atoms with Crippen molar-refractivity contribution in [1.29, 1.82) is 0 Å². The molecule has 0 heterocycles. The third-order valence-corrected chi connectivity index (χ3v) is 4.46. The van der Waals surface area contributed by atoms with Crippen molar-refractivity contribution in [1.82, 2.24) is 0 Å². The van der Waals surface area contributed by atoms with Crippen molar-refractivity contribution in [3.05, 3.63) is 0 Å². The molecule has 0 spiro atoms. The zero-order valence-electron chi connectivity index (χ0n) is 7.77. The van der Waals surface area contributed by atoms with E-state index in [1.165, 1.54) is 43.9 Å². The molecule has 0 radical (unpaired) electrons. The van der Waals surface area contributed by atoms with E-state index in [2.05, 4.69) is 15.9 Å². The molecule has 2 aliphatic rings. The molecule has 2 atom stereocenters. The van der Waals surface area contributed by atoms with Gasteiger partial charge in [0.1, 0.15) is 0 Å². The first kappa shape index (κ1) is 9.05. The van der Waals surface area contributed by atoms with Crippen LogP contribution < -0.4 is 0 Å². The van der Waals surface area contributed by atoms with Gasteiger partial charge in [0.05, 0.1) is 0 Å². The van der Waals surface area contributed by atoms with Gasteiger partial charge in [-0.1, -0.05) is 48.0 Å². The molecule has 2 aliphatic carbocycles. The molecule has 0 N–H and O–H groups in total. The van der Waals surface area contributed by atoms with Gasteiger partial charge in [0, 0.05) is 5.33 Å². The molecule has 70 valence electrons. The fraction of sp³-hybridized carbons (Fsp3) is 1.00. The average Bonchev–Trinajstić information content (AvgIpc) is 2.85.